The Morgan fingerprint density at radius 3 is 2.00 bits per heavy atom. The highest BCUT2D eigenvalue weighted by atomic mass is 16.6. The highest BCUT2D eigenvalue weighted by Crippen LogP contribution is 2.19. The SMILES string of the molecule is CC.CC(C)(C)OC(=O)N1CCN(c2ccc(N)cc2)CC1. The van der Waals surface area contributed by atoms with Crippen LogP contribution in [0.3, 0.4) is 0 Å². The molecular weight excluding hydrogens is 278 g/mol. The zero-order valence-electron chi connectivity index (χ0n) is 14.4. The summed E-state index contributed by atoms with van der Waals surface area (Å²) in [6, 6.07) is 7.82. The Hall–Kier alpha value is -1.91. The number of rotatable bonds is 1. The van der Waals surface area contributed by atoms with Crippen LogP contribution in [0.25, 0.3) is 0 Å². The Morgan fingerprint density at radius 2 is 1.55 bits per heavy atom. The van der Waals surface area contributed by atoms with Crippen molar-refractivity contribution in [2.45, 2.75) is 40.2 Å². The average Bonchev–Trinajstić information content (AvgIpc) is 2.48. The lowest BCUT2D eigenvalue weighted by molar-refractivity contribution is 0.0240. The summed E-state index contributed by atoms with van der Waals surface area (Å²) >= 11 is 0. The largest absolute Gasteiger partial charge is 0.444 e. The summed E-state index contributed by atoms with van der Waals surface area (Å²) in [6.45, 7) is 12.6. The fourth-order valence-corrected chi connectivity index (χ4v) is 2.16. The molecule has 124 valence electrons. The normalized spacial score (nSPS) is 15.0. The Morgan fingerprint density at radius 1 is 1.05 bits per heavy atom. The van der Waals surface area contributed by atoms with Crippen LogP contribution in [-0.4, -0.2) is 42.8 Å². The molecule has 1 aromatic rings. The standard InChI is InChI=1S/C15H23N3O2.C2H6/c1-15(2,3)20-14(19)18-10-8-17(9-11-18)13-6-4-12(16)5-7-13;1-2/h4-7H,8-11,16H2,1-3H3;1-2H3. The smallest absolute Gasteiger partial charge is 0.410 e. The molecular formula is C17H29N3O2. The summed E-state index contributed by atoms with van der Waals surface area (Å²) in [4.78, 5) is 16.0. The third-order valence-corrected chi connectivity index (χ3v) is 3.19. The zero-order chi connectivity index (χ0) is 16.8. The highest BCUT2D eigenvalue weighted by molar-refractivity contribution is 5.68. The summed E-state index contributed by atoms with van der Waals surface area (Å²) in [5, 5.41) is 0. The minimum absolute atomic E-state index is 0.227. The minimum Gasteiger partial charge on any atom is -0.444 e. The monoisotopic (exact) mass is 307 g/mol. The molecule has 0 aromatic heterocycles. The fourth-order valence-electron chi connectivity index (χ4n) is 2.16. The van der Waals surface area contributed by atoms with E-state index in [1.54, 1.807) is 4.90 Å². The Labute approximate surface area is 134 Å². The van der Waals surface area contributed by atoms with Gasteiger partial charge in [-0.15, -0.1) is 0 Å². The molecule has 5 nitrogen and oxygen atoms in total. The predicted octanol–water partition coefficient (Wildman–Crippen LogP) is 3.35. The summed E-state index contributed by atoms with van der Waals surface area (Å²) in [5.41, 5.74) is 7.16. The second kappa shape index (κ2) is 7.92. The Balaban J connectivity index is 0.00000116. The minimum atomic E-state index is -0.439. The van der Waals surface area contributed by atoms with Crippen molar-refractivity contribution in [2.75, 3.05) is 36.8 Å². The number of benzene rings is 1. The third kappa shape index (κ3) is 5.47. The van der Waals surface area contributed by atoms with Crippen molar-refractivity contribution in [3.05, 3.63) is 24.3 Å². The number of anilines is 2. The Kier molecular flexibility index (Phi) is 6.53. The average molecular weight is 307 g/mol. The van der Waals surface area contributed by atoms with Gasteiger partial charge >= 0.3 is 6.09 Å². The van der Waals surface area contributed by atoms with E-state index in [4.69, 9.17) is 10.5 Å². The zero-order valence-corrected chi connectivity index (χ0v) is 14.4. The van der Waals surface area contributed by atoms with Gasteiger partial charge in [0, 0.05) is 37.6 Å². The van der Waals surface area contributed by atoms with Gasteiger partial charge in [-0.3, -0.25) is 0 Å². The summed E-state index contributed by atoms with van der Waals surface area (Å²) < 4.78 is 5.39. The first kappa shape index (κ1) is 18.1. The molecule has 0 radical (unpaired) electrons. The first-order valence-corrected chi connectivity index (χ1v) is 7.93. The number of nitrogen functional groups attached to an aromatic ring is 1. The maximum absolute atomic E-state index is 12.0. The van der Waals surface area contributed by atoms with Crippen LogP contribution in [0.1, 0.15) is 34.6 Å². The summed E-state index contributed by atoms with van der Waals surface area (Å²) in [7, 11) is 0. The van der Waals surface area contributed by atoms with E-state index in [-0.39, 0.29) is 6.09 Å². The van der Waals surface area contributed by atoms with Crippen LogP contribution in [-0.2, 0) is 4.74 Å². The molecule has 1 amide bonds. The molecule has 2 rings (SSSR count). The first-order valence-electron chi connectivity index (χ1n) is 7.93. The van der Waals surface area contributed by atoms with Crippen molar-refractivity contribution in [1.82, 2.24) is 4.90 Å². The lowest BCUT2D eigenvalue weighted by Crippen LogP contribution is -2.50. The molecule has 1 aliphatic rings. The second-order valence-corrected chi connectivity index (χ2v) is 6.05. The first-order chi connectivity index (χ1) is 10.3. The van der Waals surface area contributed by atoms with Crippen LogP contribution in [0.2, 0.25) is 0 Å². The predicted molar refractivity (Wildman–Crippen MR) is 92.2 cm³/mol. The van der Waals surface area contributed by atoms with Gasteiger partial charge in [-0.25, -0.2) is 4.79 Å². The van der Waals surface area contributed by atoms with Gasteiger partial charge in [-0.2, -0.15) is 0 Å². The van der Waals surface area contributed by atoms with E-state index in [1.807, 2.05) is 58.9 Å². The molecule has 0 bridgehead atoms. The van der Waals surface area contributed by atoms with Gasteiger partial charge in [0.1, 0.15) is 5.60 Å². The van der Waals surface area contributed by atoms with Gasteiger partial charge < -0.3 is 20.3 Å². The van der Waals surface area contributed by atoms with Crippen molar-refractivity contribution in [1.29, 1.82) is 0 Å². The van der Waals surface area contributed by atoms with E-state index in [0.717, 1.165) is 24.5 Å². The van der Waals surface area contributed by atoms with Crippen molar-refractivity contribution in [3.63, 3.8) is 0 Å². The van der Waals surface area contributed by atoms with Crippen molar-refractivity contribution < 1.29 is 9.53 Å². The molecule has 1 aliphatic heterocycles. The van der Waals surface area contributed by atoms with Crippen LogP contribution in [0, 0.1) is 0 Å². The molecule has 1 aromatic carbocycles. The van der Waals surface area contributed by atoms with E-state index >= 15 is 0 Å². The van der Waals surface area contributed by atoms with Crippen molar-refractivity contribution in [3.8, 4) is 0 Å². The molecule has 0 aliphatic carbocycles. The number of nitrogens with two attached hydrogens (primary N) is 1. The Bertz CT molecular complexity index is 458. The molecule has 2 N–H and O–H groups in total. The topological polar surface area (TPSA) is 58.8 Å². The van der Waals surface area contributed by atoms with Gasteiger partial charge in [-0.1, -0.05) is 13.8 Å². The van der Waals surface area contributed by atoms with Gasteiger partial charge in [0.05, 0.1) is 0 Å². The third-order valence-electron chi connectivity index (χ3n) is 3.19. The lowest BCUT2D eigenvalue weighted by atomic mass is 10.2. The van der Waals surface area contributed by atoms with E-state index in [1.165, 1.54) is 0 Å². The lowest BCUT2D eigenvalue weighted by Gasteiger charge is -2.36. The molecule has 5 heteroatoms. The number of nitrogens with zero attached hydrogens (tertiary/aromatic N) is 2. The summed E-state index contributed by atoms with van der Waals surface area (Å²) in [5.74, 6) is 0. The number of piperazine rings is 1. The molecule has 0 unspecified atom stereocenters. The van der Waals surface area contributed by atoms with Gasteiger partial charge in [0.2, 0.25) is 0 Å². The van der Waals surface area contributed by atoms with Crippen molar-refractivity contribution in [2.24, 2.45) is 0 Å². The fraction of sp³-hybridized carbons (Fsp3) is 0.588. The van der Waals surface area contributed by atoms with E-state index in [9.17, 15) is 4.79 Å². The van der Waals surface area contributed by atoms with Gasteiger partial charge in [-0.05, 0) is 45.0 Å². The number of ether oxygens (including phenoxy) is 1. The molecule has 0 atom stereocenters. The molecule has 0 spiro atoms. The number of hydrogen-bond acceptors (Lipinski definition) is 4. The van der Waals surface area contributed by atoms with Gasteiger partial charge in [0.15, 0.2) is 0 Å². The summed E-state index contributed by atoms with van der Waals surface area (Å²) in [6.07, 6.45) is -0.227. The molecule has 1 saturated heterocycles. The van der Waals surface area contributed by atoms with Crippen LogP contribution < -0.4 is 10.6 Å². The molecule has 1 heterocycles. The quantitative estimate of drug-likeness (QED) is 0.808. The van der Waals surface area contributed by atoms with Crippen LogP contribution in [0.4, 0.5) is 16.2 Å². The maximum atomic E-state index is 12.0. The van der Waals surface area contributed by atoms with Crippen LogP contribution in [0.5, 0.6) is 0 Å². The molecule has 1 fully saturated rings. The molecule has 0 saturated carbocycles. The maximum Gasteiger partial charge on any atom is 0.410 e. The van der Waals surface area contributed by atoms with Crippen LogP contribution in [0.15, 0.2) is 24.3 Å². The van der Waals surface area contributed by atoms with Gasteiger partial charge in [0.25, 0.3) is 0 Å². The van der Waals surface area contributed by atoms with E-state index in [2.05, 4.69) is 4.90 Å². The number of carbonyl (C=O) groups is 1. The molecule has 22 heavy (non-hydrogen) atoms. The number of amides is 1. The number of carbonyl (C=O) groups excluding carboxylic acids is 1. The number of hydrogen-bond donors (Lipinski definition) is 1. The second-order valence-electron chi connectivity index (χ2n) is 6.05. The van der Waals surface area contributed by atoms with E-state index in [0.29, 0.717) is 13.1 Å². The van der Waals surface area contributed by atoms with E-state index < -0.39 is 5.60 Å². The van der Waals surface area contributed by atoms with Crippen molar-refractivity contribution >= 4 is 17.5 Å². The van der Waals surface area contributed by atoms with Crippen LogP contribution >= 0.6 is 0 Å². The highest BCUT2D eigenvalue weighted by Gasteiger charge is 2.25.